The molecule has 2 rings (SSSR count). The van der Waals surface area contributed by atoms with Gasteiger partial charge in [0.25, 0.3) is 0 Å². The van der Waals surface area contributed by atoms with Gasteiger partial charge >= 0.3 is 0 Å². The van der Waals surface area contributed by atoms with Crippen molar-refractivity contribution in [2.75, 3.05) is 18.9 Å². The van der Waals surface area contributed by atoms with E-state index in [1.807, 2.05) is 0 Å². The van der Waals surface area contributed by atoms with Gasteiger partial charge in [0.1, 0.15) is 5.78 Å². The van der Waals surface area contributed by atoms with Crippen LogP contribution in [0.25, 0.3) is 0 Å². The Morgan fingerprint density at radius 3 is 3.19 bits per heavy atom. The van der Waals surface area contributed by atoms with Crippen molar-refractivity contribution in [1.82, 2.24) is 4.98 Å². The number of aromatic nitrogens is 1. The molecule has 1 saturated heterocycles. The average Bonchev–Trinajstić information content (AvgIpc) is 2.33. The van der Waals surface area contributed by atoms with Gasteiger partial charge in [-0.15, -0.1) is 0 Å². The van der Waals surface area contributed by atoms with E-state index in [2.05, 4.69) is 4.98 Å². The maximum absolute atomic E-state index is 12.0. The topological polar surface area (TPSA) is 65.2 Å². The summed E-state index contributed by atoms with van der Waals surface area (Å²) >= 11 is 0. The predicted octanol–water partition coefficient (Wildman–Crippen LogP) is 1.20. The molecule has 1 aromatic rings. The normalized spacial score (nSPS) is 20.6. The first kappa shape index (κ1) is 11.1. The Morgan fingerprint density at radius 1 is 1.62 bits per heavy atom. The van der Waals surface area contributed by atoms with Crippen LogP contribution in [0.15, 0.2) is 18.5 Å². The molecule has 1 atom stereocenters. The van der Waals surface area contributed by atoms with Crippen LogP contribution in [0.3, 0.4) is 0 Å². The molecule has 1 aromatic heterocycles. The summed E-state index contributed by atoms with van der Waals surface area (Å²) in [6.45, 7) is 1.33. The van der Waals surface area contributed by atoms with Crippen molar-refractivity contribution in [2.24, 2.45) is 5.92 Å². The zero-order chi connectivity index (χ0) is 11.4. The number of ether oxygens (including phenoxy) is 1. The molecule has 1 aliphatic rings. The van der Waals surface area contributed by atoms with Crippen molar-refractivity contribution in [2.45, 2.75) is 19.3 Å². The highest BCUT2D eigenvalue weighted by Gasteiger charge is 2.22. The molecule has 0 saturated carbocycles. The molecule has 16 heavy (non-hydrogen) atoms. The second-order valence-electron chi connectivity index (χ2n) is 4.13. The molecule has 0 aromatic carbocycles. The first-order valence-electron chi connectivity index (χ1n) is 5.56. The molecule has 2 N–H and O–H groups in total. The molecule has 0 bridgehead atoms. The van der Waals surface area contributed by atoms with Crippen molar-refractivity contribution < 1.29 is 9.53 Å². The van der Waals surface area contributed by atoms with Gasteiger partial charge in [0.15, 0.2) is 0 Å². The van der Waals surface area contributed by atoms with Crippen LogP contribution >= 0.6 is 0 Å². The van der Waals surface area contributed by atoms with Gasteiger partial charge in [0.2, 0.25) is 0 Å². The maximum atomic E-state index is 12.0. The number of hydrogen-bond acceptors (Lipinski definition) is 4. The van der Waals surface area contributed by atoms with Crippen LogP contribution in [0.1, 0.15) is 18.4 Å². The van der Waals surface area contributed by atoms with Gasteiger partial charge in [-0.3, -0.25) is 9.78 Å². The minimum atomic E-state index is 0.0355. The first-order chi connectivity index (χ1) is 7.77. The predicted molar refractivity (Wildman–Crippen MR) is 60.9 cm³/mol. The van der Waals surface area contributed by atoms with Crippen LogP contribution in [0.2, 0.25) is 0 Å². The van der Waals surface area contributed by atoms with E-state index in [4.69, 9.17) is 10.5 Å². The third kappa shape index (κ3) is 2.58. The zero-order valence-electron chi connectivity index (χ0n) is 9.19. The summed E-state index contributed by atoms with van der Waals surface area (Å²) in [4.78, 5) is 15.9. The molecule has 0 radical (unpaired) electrons. The number of nitrogens with zero attached hydrogens (tertiary/aromatic N) is 1. The van der Waals surface area contributed by atoms with Crippen LogP contribution in [0, 0.1) is 5.92 Å². The molecule has 0 amide bonds. The number of pyridine rings is 1. The fraction of sp³-hybridized carbons (Fsp3) is 0.500. The van der Waals surface area contributed by atoms with Crippen molar-refractivity contribution in [3.63, 3.8) is 0 Å². The van der Waals surface area contributed by atoms with Crippen LogP contribution in [0.4, 0.5) is 5.69 Å². The Kier molecular flexibility index (Phi) is 3.51. The van der Waals surface area contributed by atoms with E-state index in [1.54, 1.807) is 18.5 Å². The lowest BCUT2D eigenvalue weighted by atomic mass is 9.93. The van der Waals surface area contributed by atoms with E-state index in [-0.39, 0.29) is 11.7 Å². The van der Waals surface area contributed by atoms with Crippen LogP contribution in [-0.2, 0) is 16.0 Å². The van der Waals surface area contributed by atoms with Gasteiger partial charge in [-0.1, -0.05) is 0 Å². The highest BCUT2D eigenvalue weighted by molar-refractivity contribution is 5.84. The molecule has 4 nitrogen and oxygen atoms in total. The molecule has 1 fully saturated rings. The number of nitrogen functional groups attached to an aromatic ring is 1. The van der Waals surface area contributed by atoms with Gasteiger partial charge in [-0.05, 0) is 18.9 Å². The standard InChI is InChI=1S/C12H16N2O2/c13-11-3-4-14-7-10(11)6-12(15)9-2-1-5-16-8-9/h3-4,7,9H,1-2,5-6,8H2,(H2,13,14). The first-order valence-corrected chi connectivity index (χ1v) is 5.56. The number of rotatable bonds is 3. The smallest absolute Gasteiger partial charge is 0.142 e. The van der Waals surface area contributed by atoms with Gasteiger partial charge in [-0.2, -0.15) is 0 Å². The average molecular weight is 220 g/mol. The Hall–Kier alpha value is -1.42. The molecule has 2 heterocycles. The number of carbonyl (C=O) groups excluding carboxylic acids is 1. The zero-order valence-corrected chi connectivity index (χ0v) is 9.19. The van der Waals surface area contributed by atoms with Gasteiger partial charge in [0, 0.05) is 42.6 Å². The van der Waals surface area contributed by atoms with E-state index in [1.165, 1.54) is 0 Å². The summed E-state index contributed by atoms with van der Waals surface area (Å²) in [6.07, 6.45) is 5.57. The number of hydrogen-bond donors (Lipinski definition) is 1. The fourth-order valence-corrected chi connectivity index (χ4v) is 1.91. The summed E-state index contributed by atoms with van der Waals surface area (Å²) < 4.78 is 5.30. The summed E-state index contributed by atoms with van der Waals surface area (Å²) in [7, 11) is 0. The minimum Gasteiger partial charge on any atom is -0.398 e. The van der Waals surface area contributed by atoms with Crippen molar-refractivity contribution >= 4 is 11.5 Å². The Morgan fingerprint density at radius 2 is 2.50 bits per heavy atom. The molecular weight excluding hydrogens is 204 g/mol. The monoisotopic (exact) mass is 220 g/mol. The Labute approximate surface area is 94.8 Å². The van der Waals surface area contributed by atoms with Gasteiger partial charge < -0.3 is 10.5 Å². The number of ketones is 1. The van der Waals surface area contributed by atoms with E-state index in [9.17, 15) is 4.79 Å². The summed E-state index contributed by atoms with van der Waals surface area (Å²) in [5.41, 5.74) is 7.23. The molecule has 86 valence electrons. The van der Waals surface area contributed by atoms with E-state index in [0.717, 1.165) is 25.0 Å². The van der Waals surface area contributed by atoms with Crippen LogP contribution < -0.4 is 5.73 Å². The second-order valence-corrected chi connectivity index (χ2v) is 4.13. The number of anilines is 1. The van der Waals surface area contributed by atoms with Crippen molar-refractivity contribution in [1.29, 1.82) is 0 Å². The van der Waals surface area contributed by atoms with Crippen molar-refractivity contribution in [3.05, 3.63) is 24.0 Å². The van der Waals surface area contributed by atoms with Crippen LogP contribution in [0.5, 0.6) is 0 Å². The van der Waals surface area contributed by atoms with Crippen molar-refractivity contribution in [3.8, 4) is 0 Å². The highest BCUT2D eigenvalue weighted by Crippen LogP contribution is 2.18. The summed E-state index contributed by atoms with van der Waals surface area (Å²) in [5, 5.41) is 0. The molecule has 1 unspecified atom stereocenters. The largest absolute Gasteiger partial charge is 0.398 e. The lowest BCUT2D eigenvalue weighted by molar-refractivity contribution is -0.126. The number of nitrogens with two attached hydrogens (primary N) is 1. The van der Waals surface area contributed by atoms with Gasteiger partial charge in [0.05, 0.1) is 6.61 Å². The third-order valence-electron chi connectivity index (χ3n) is 2.92. The highest BCUT2D eigenvalue weighted by atomic mass is 16.5. The van der Waals surface area contributed by atoms with Crippen LogP contribution in [-0.4, -0.2) is 24.0 Å². The van der Waals surface area contributed by atoms with E-state index >= 15 is 0 Å². The summed E-state index contributed by atoms with van der Waals surface area (Å²) in [6, 6.07) is 1.72. The molecular formula is C12H16N2O2. The lowest BCUT2D eigenvalue weighted by Gasteiger charge is -2.20. The Balaban J connectivity index is 1.99. The molecule has 0 spiro atoms. The minimum absolute atomic E-state index is 0.0355. The van der Waals surface area contributed by atoms with E-state index < -0.39 is 0 Å². The maximum Gasteiger partial charge on any atom is 0.142 e. The second kappa shape index (κ2) is 5.07. The molecule has 4 heteroatoms. The molecule has 1 aliphatic heterocycles. The lowest BCUT2D eigenvalue weighted by Crippen LogP contribution is -2.26. The fourth-order valence-electron chi connectivity index (χ4n) is 1.91. The number of Topliss-reactive ketones (excluding diaryl/α,β-unsaturated/α-hetero) is 1. The SMILES string of the molecule is Nc1ccncc1CC(=O)C1CCCOC1. The van der Waals surface area contributed by atoms with E-state index in [0.29, 0.717) is 18.7 Å². The molecule has 0 aliphatic carbocycles. The number of carbonyl (C=O) groups is 1. The quantitative estimate of drug-likeness (QED) is 0.831. The Bertz CT molecular complexity index is 373. The van der Waals surface area contributed by atoms with Gasteiger partial charge in [-0.25, -0.2) is 0 Å². The summed E-state index contributed by atoms with van der Waals surface area (Å²) in [5.74, 6) is 0.243. The third-order valence-corrected chi connectivity index (χ3v) is 2.92.